The van der Waals surface area contributed by atoms with Crippen LogP contribution in [0, 0.1) is 6.92 Å². The lowest BCUT2D eigenvalue weighted by atomic mass is 9.97. The molecule has 6 nitrogen and oxygen atoms in total. The Kier molecular flexibility index (Phi) is 5.42. The minimum atomic E-state index is -0.456. The van der Waals surface area contributed by atoms with Crippen molar-refractivity contribution in [2.24, 2.45) is 0 Å². The van der Waals surface area contributed by atoms with Crippen LogP contribution in [0.4, 0.5) is 0 Å². The maximum absolute atomic E-state index is 13.3. The van der Waals surface area contributed by atoms with Crippen molar-refractivity contribution in [1.82, 2.24) is 4.98 Å². The van der Waals surface area contributed by atoms with E-state index in [9.17, 15) is 4.79 Å². The van der Waals surface area contributed by atoms with Gasteiger partial charge in [-0.2, -0.15) is 0 Å². The lowest BCUT2D eigenvalue weighted by molar-refractivity contribution is 0.324. The Bertz CT molecular complexity index is 1560. The number of hydrogen-bond acceptors (Lipinski definition) is 6. The van der Waals surface area contributed by atoms with Crippen molar-refractivity contribution in [1.29, 1.82) is 0 Å². The van der Waals surface area contributed by atoms with Crippen LogP contribution in [-0.2, 0) is 0 Å². The van der Waals surface area contributed by atoms with Gasteiger partial charge in [0.1, 0.15) is 5.58 Å². The maximum atomic E-state index is 13.3. The molecule has 5 rings (SSSR count). The van der Waals surface area contributed by atoms with Gasteiger partial charge in [0.25, 0.3) is 0 Å². The van der Waals surface area contributed by atoms with Gasteiger partial charge in [0.15, 0.2) is 11.5 Å². The van der Waals surface area contributed by atoms with Gasteiger partial charge in [0.05, 0.1) is 37.9 Å². The molecule has 6 heteroatoms. The quantitative estimate of drug-likeness (QED) is 0.240. The van der Waals surface area contributed by atoms with Crippen molar-refractivity contribution in [2.45, 2.75) is 6.92 Å². The Morgan fingerprint density at radius 1 is 0.794 bits per heavy atom. The summed E-state index contributed by atoms with van der Waals surface area (Å²) in [5.74, 6) is 1.46. The first-order valence-electron chi connectivity index (χ1n) is 10.8. The fourth-order valence-corrected chi connectivity index (χ4v) is 4.24. The van der Waals surface area contributed by atoms with E-state index >= 15 is 0 Å². The number of rotatable bonds is 5. The zero-order valence-corrected chi connectivity index (χ0v) is 19.3. The average Bonchev–Trinajstić information content (AvgIpc) is 2.88. The molecule has 0 fully saturated rings. The Morgan fingerprint density at radius 3 is 2.15 bits per heavy atom. The van der Waals surface area contributed by atoms with Crippen LogP contribution >= 0.6 is 0 Å². The molecule has 0 N–H and O–H groups in total. The summed E-state index contributed by atoms with van der Waals surface area (Å²) in [6.45, 7) is 2.00. The first-order chi connectivity index (χ1) is 16.5. The van der Waals surface area contributed by atoms with E-state index in [4.69, 9.17) is 23.6 Å². The SMILES string of the molecule is COc1cc(-c2cc(-c3ccccc3)nc3c2c(=O)oc2ccc(C)cc23)cc(OC)c1OC. The van der Waals surface area contributed by atoms with Crippen LogP contribution in [-0.4, -0.2) is 26.3 Å². The molecule has 0 saturated carbocycles. The first-order valence-corrected chi connectivity index (χ1v) is 10.8. The second-order valence-corrected chi connectivity index (χ2v) is 7.95. The molecule has 0 spiro atoms. The van der Waals surface area contributed by atoms with Crippen LogP contribution in [0.5, 0.6) is 17.2 Å². The number of aryl methyl sites for hydroxylation is 1. The predicted octanol–water partition coefficient (Wildman–Crippen LogP) is 6.01. The highest BCUT2D eigenvalue weighted by Crippen LogP contribution is 2.43. The number of ether oxygens (including phenoxy) is 3. The van der Waals surface area contributed by atoms with Gasteiger partial charge in [-0.25, -0.2) is 9.78 Å². The van der Waals surface area contributed by atoms with Crippen molar-refractivity contribution in [3.63, 3.8) is 0 Å². The van der Waals surface area contributed by atoms with Crippen molar-refractivity contribution >= 4 is 21.9 Å². The zero-order chi connectivity index (χ0) is 23.8. The largest absolute Gasteiger partial charge is 0.493 e. The van der Waals surface area contributed by atoms with Gasteiger partial charge in [0, 0.05) is 16.5 Å². The summed E-state index contributed by atoms with van der Waals surface area (Å²) < 4.78 is 22.3. The minimum absolute atomic E-state index is 0.395. The summed E-state index contributed by atoms with van der Waals surface area (Å²) in [5, 5.41) is 1.17. The van der Waals surface area contributed by atoms with E-state index in [0.717, 1.165) is 27.8 Å². The standard InChI is InChI=1S/C28H23NO5/c1-16-10-11-22-20(12-16)26-25(28(30)34-22)19(15-21(29-26)17-8-6-5-7-9-17)18-13-23(31-2)27(33-4)24(14-18)32-3/h5-15H,1-4H3. The number of benzene rings is 3. The molecule has 0 amide bonds. The predicted molar refractivity (Wildman–Crippen MR) is 133 cm³/mol. The summed E-state index contributed by atoms with van der Waals surface area (Å²) in [5.41, 5.74) is 4.74. The third-order valence-corrected chi connectivity index (χ3v) is 5.86. The van der Waals surface area contributed by atoms with Gasteiger partial charge >= 0.3 is 5.63 Å². The monoisotopic (exact) mass is 453 g/mol. The van der Waals surface area contributed by atoms with Crippen LogP contribution in [0.3, 0.4) is 0 Å². The van der Waals surface area contributed by atoms with Crippen molar-refractivity contribution < 1.29 is 18.6 Å². The summed E-state index contributed by atoms with van der Waals surface area (Å²) in [7, 11) is 4.68. The van der Waals surface area contributed by atoms with Crippen molar-refractivity contribution in [3.05, 3.63) is 82.7 Å². The van der Waals surface area contributed by atoms with Gasteiger partial charge in [-0.3, -0.25) is 0 Å². The molecule has 0 aliphatic rings. The molecule has 0 atom stereocenters. The normalized spacial score (nSPS) is 11.1. The van der Waals surface area contributed by atoms with E-state index in [1.165, 1.54) is 0 Å². The number of methoxy groups -OCH3 is 3. The minimum Gasteiger partial charge on any atom is -0.493 e. The van der Waals surface area contributed by atoms with Crippen molar-refractivity contribution in [3.8, 4) is 39.6 Å². The zero-order valence-electron chi connectivity index (χ0n) is 19.3. The van der Waals surface area contributed by atoms with E-state index in [-0.39, 0.29) is 0 Å². The number of fused-ring (bicyclic) bond motifs is 3. The van der Waals surface area contributed by atoms with E-state index in [1.807, 2.05) is 73.7 Å². The lowest BCUT2D eigenvalue weighted by Crippen LogP contribution is -2.05. The Labute approximate surface area is 196 Å². The average molecular weight is 453 g/mol. The lowest BCUT2D eigenvalue weighted by Gasteiger charge is -2.16. The highest BCUT2D eigenvalue weighted by molar-refractivity contribution is 6.08. The summed E-state index contributed by atoms with van der Waals surface area (Å²) in [6.07, 6.45) is 0. The molecule has 3 aromatic carbocycles. The number of aromatic nitrogens is 1. The highest BCUT2D eigenvalue weighted by Gasteiger charge is 2.20. The van der Waals surface area contributed by atoms with Crippen molar-refractivity contribution in [2.75, 3.05) is 21.3 Å². The fraction of sp³-hybridized carbons (Fsp3) is 0.143. The number of pyridine rings is 1. The topological polar surface area (TPSA) is 70.8 Å². The maximum Gasteiger partial charge on any atom is 0.346 e. The van der Waals surface area contributed by atoms with Crippen LogP contribution in [0.15, 0.2) is 75.9 Å². The van der Waals surface area contributed by atoms with Gasteiger partial charge < -0.3 is 18.6 Å². The van der Waals surface area contributed by atoms with Gasteiger partial charge in [-0.05, 0) is 42.8 Å². The molecule has 0 aliphatic heterocycles. The summed E-state index contributed by atoms with van der Waals surface area (Å²) >= 11 is 0. The third kappa shape index (κ3) is 3.53. The summed E-state index contributed by atoms with van der Waals surface area (Å²) in [4.78, 5) is 18.2. The molecule has 170 valence electrons. The molecule has 2 aromatic heterocycles. The molecular weight excluding hydrogens is 430 g/mol. The van der Waals surface area contributed by atoms with Crippen LogP contribution in [0.25, 0.3) is 44.3 Å². The Morgan fingerprint density at radius 2 is 1.50 bits per heavy atom. The van der Waals surface area contributed by atoms with E-state index in [0.29, 0.717) is 39.3 Å². The number of hydrogen-bond donors (Lipinski definition) is 0. The molecule has 0 unspecified atom stereocenters. The second-order valence-electron chi connectivity index (χ2n) is 7.95. The number of nitrogens with zero attached hydrogens (tertiary/aromatic N) is 1. The summed E-state index contributed by atoms with van der Waals surface area (Å²) in [6, 6.07) is 21.1. The highest BCUT2D eigenvalue weighted by atomic mass is 16.5. The van der Waals surface area contributed by atoms with Gasteiger partial charge in [-0.15, -0.1) is 0 Å². The molecule has 34 heavy (non-hydrogen) atoms. The van der Waals surface area contributed by atoms with Gasteiger partial charge in [0.2, 0.25) is 5.75 Å². The Hall–Kier alpha value is -4.32. The van der Waals surface area contributed by atoms with Crippen LogP contribution < -0.4 is 19.8 Å². The smallest absolute Gasteiger partial charge is 0.346 e. The molecule has 5 aromatic rings. The molecule has 0 bridgehead atoms. The molecular formula is C28H23NO5. The fourth-order valence-electron chi connectivity index (χ4n) is 4.24. The molecule has 0 aliphatic carbocycles. The first kappa shape index (κ1) is 21.5. The second kappa shape index (κ2) is 8.56. The van der Waals surface area contributed by atoms with Crippen LogP contribution in [0.1, 0.15) is 5.56 Å². The third-order valence-electron chi connectivity index (χ3n) is 5.86. The molecule has 0 radical (unpaired) electrons. The molecule has 0 saturated heterocycles. The van der Waals surface area contributed by atoms with Crippen LogP contribution in [0.2, 0.25) is 0 Å². The van der Waals surface area contributed by atoms with Gasteiger partial charge in [-0.1, -0.05) is 42.0 Å². The molecule has 2 heterocycles. The Balaban J connectivity index is 1.94. The van der Waals surface area contributed by atoms with E-state index < -0.39 is 5.63 Å². The van der Waals surface area contributed by atoms with E-state index in [2.05, 4.69) is 0 Å². The van der Waals surface area contributed by atoms with E-state index in [1.54, 1.807) is 21.3 Å².